The van der Waals surface area contributed by atoms with E-state index in [2.05, 4.69) is 0 Å². The first-order valence-electron chi connectivity index (χ1n) is 9.07. The zero-order valence-corrected chi connectivity index (χ0v) is 18.4. The third-order valence-corrected chi connectivity index (χ3v) is 5.96. The Balaban J connectivity index is 1.80. The van der Waals surface area contributed by atoms with Crippen LogP contribution in [-0.2, 0) is 14.8 Å². The Bertz CT molecular complexity index is 1340. The molecule has 7 nitrogen and oxygen atoms in total. The van der Waals surface area contributed by atoms with Gasteiger partial charge in [-0.15, -0.1) is 0 Å². The van der Waals surface area contributed by atoms with E-state index in [4.69, 9.17) is 21.5 Å². The summed E-state index contributed by atoms with van der Waals surface area (Å²) in [6.07, 6.45) is 0. The Hall–Kier alpha value is -3.08. The summed E-state index contributed by atoms with van der Waals surface area (Å²) in [5, 5.41) is 4.76. The number of nitrogens with two attached hydrogens (primary N) is 1. The molecule has 32 heavy (non-hydrogen) atoms. The Kier molecular flexibility index (Phi) is 6.49. The summed E-state index contributed by atoms with van der Waals surface area (Å²) in [6, 6.07) is 8.60. The molecule has 0 unspecified atom stereocenters. The molecule has 0 saturated heterocycles. The fraction of sp³-hybridized carbons (Fsp3) is 0.143. The summed E-state index contributed by atoms with van der Waals surface area (Å²) >= 11 is 5.74. The lowest BCUT2D eigenvalue weighted by Crippen LogP contribution is -2.15. The second-order valence-electron chi connectivity index (χ2n) is 6.90. The lowest BCUT2D eigenvalue weighted by atomic mass is 10.1. The number of sulfonamides is 1. The van der Waals surface area contributed by atoms with E-state index in [1.54, 1.807) is 36.6 Å². The molecule has 3 rings (SSSR count). The van der Waals surface area contributed by atoms with E-state index < -0.39 is 45.6 Å². The quantitative estimate of drug-likeness (QED) is 0.327. The van der Waals surface area contributed by atoms with Crippen molar-refractivity contribution in [1.82, 2.24) is 4.57 Å². The van der Waals surface area contributed by atoms with Gasteiger partial charge in [0, 0.05) is 22.6 Å². The lowest BCUT2D eigenvalue weighted by Gasteiger charge is -2.11. The molecule has 0 aliphatic carbocycles. The van der Waals surface area contributed by atoms with Crippen molar-refractivity contribution in [3.63, 3.8) is 0 Å². The van der Waals surface area contributed by atoms with Crippen molar-refractivity contribution in [3.05, 3.63) is 81.6 Å². The second kappa shape index (κ2) is 8.81. The first-order chi connectivity index (χ1) is 14.9. The van der Waals surface area contributed by atoms with Crippen molar-refractivity contribution in [3.8, 4) is 5.69 Å². The number of hydrogen-bond donors (Lipinski definition) is 1. The topological polar surface area (TPSA) is 108 Å². The number of ether oxygens (including phenoxy) is 1. The second-order valence-corrected chi connectivity index (χ2v) is 8.87. The van der Waals surface area contributed by atoms with Crippen LogP contribution >= 0.6 is 11.6 Å². The zero-order valence-electron chi connectivity index (χ0n) is 16.9. The van der Waals surface area contributed by atoms with Gasteiger partial charge in [-0.05, 0) is 56.3 Å². The van der Waals surface area contributed by atoms with Gasteiger partial charge in [0.05, 0.1) is 15.5 Å². The van der Waals surface area contributed by atoms with Crippen LogP contribution in [0.15, 0.2) is 47.4 Å². The molecule has 3 aromatic rings. The van der Waals surface area contributed by atoms with Crippen LogP contribution in [0.25, 0.3) is 5.69 Å². The standard InChI is InChI=1S/C21H17ClF2N2O5S/c1-11-7-15(12(2)26(11)13-3-5-14(6-4-13)32(25,29)30)20(27)10-31-21(28)16-8-18(23)19(24)9-17(16)22/h3-9H,10H2,1-2H3,(H2,25,29,30). The maximum absolute atomic E-state index is 13.4. The van der Waals surface area contributed by atoms with Crippen LogP contribution in [0.2, 0.25) is 5.02 Å². The van der Waals surface area contributed by atoms with Crippen molar-refractivity contribution >= 4 is 33.4 Å². The summed E-state index contributed by atoms with van der Waals surface area (Å²) < 4.78 is 56.1. The Morgan fingerprint density at radius 3 is 2.22 bits per heavy atom. The average molecular weight is 483 g/mol. The maximum Gasteiger partial charge on any atom is 0.340 e. The molecule has 0 bridgehead atoms. The van der Waals surface area contributed by atoms with Crippen LogP contribution in [0.1, 0.15) is 32.1 Å². The Labute approximate surface area is 187 Å². The number of aromatic nitrogens is 1. The highest BCUT2D eigenvalue weighted by Crippen LogP contribution is 2.24. The van der Waals surface area contributed by atoms with Crippen molar-refractivity contribution < 1.29 is 31.5 Å². The van der Waals surface area contributed by atoms with E-state index in [-0.39, 0.29) is 15.5 Å². The van der Waals surface area contributed by atoms with Crippen molar-refractivity contribution in [2.75, 3.05) is 6.61 Å². The molecule has 0 spiro atoms. The number of hydrogen-bond acceptors (Lipinski definition) is 5. The molecule has 1 aromatic heterocycles. The van der Waals surface area contributed by atoms with Gasteiger partial charge in [0.15, 0.2) is 18.2 Å². The zero-order chi connectivity index (χ0) is 23.8. The van der Waals surface area contributed by atoms with Gasteiger partial charge in [-0.2, -0.15) is 0 Å². The molecule has 0 aliphatic rings. The van der Waals surface area contributed by atoms with Crippen LogP contribution in [0.5, 0.6) is 0 Å². The molecule has 0 amide bonds. The van der Waals surface area contributed by atoms with Crippen LogP contribution in [0.3, 0.4) is 0 Å². The number of esters is 1. The molecular formula is C21H17ClF2N2O5S. The first kappa shape index (κ1) is 23.6. The average Bonchev–Trinajstić information content (AvgIpc) is 3.02. The minimum atomic E-state index is -3.84. The van der Waals surface area contributed by atoms with Gasteiger partial charge in [-0.1, -0.05) is 11.6 Å². The van der Waals surface area contributed by atoms with Crippen molar-refractivity contribution in [2.24, 2.45) is 5.14 Å². The van der Waals surface area contributed by atoms with E-state index >= 15 is 0 Å². The van der Waals surface area contributed by atoms with Gasteiger partial charge >= 0.3 is 5.97 Å². The number of rotatable bonds is 6. The molecule has 2 aromatic carbocycles. The van der Waals surface area contributed by atoms with Gasteiger partial charge in [0.25, 0.3) is 0 Å². The normalized spacial score (nSPS) is 11.4. The predicted molar refractivity (Wildman–Crippen MR) is 113 cm³/mol. The van der Waals surface area contributed by atoms with E-state index in [1.807, 2.05) is 0 Å². The van der Waals surface area contributed by atoms with E-state index in [1.165, 1.54) is 12.1 Å². The molecule has 168 valence electrons. The van der Waals surface area contributed by atoms with Crippen LogP contribution in [0.4, 0.5) is 8.78 Å². The predicted octanol–water partition coefficient (Wildman–Crippen LogP) is 3.71. The third-order valence-electron chi connectivity index (χ3n) is 4.72. The van der Waals surface area contributed by atoms with Gasteiger partial charge in [0.1, 0.15) is 0 Å². The largest absolute Gasteiger partial charge is 0.454 e. The highest BCUT2D eigenvalue weighted by molar-refractivity contribution is 7.89. The Morgan fingerprint density at radius 2 is 1.62 bits per heavy atom. The number of primary sulfonamides is 1. The van der Waals surface area contributed by atoms with Gasteiger partial charge < -0.3 is 9.30 Å². The molecule has 0 radical (unpaired) electrons. The number of carbonyl (C=O) groups excluding carboxylic acids is 2. The number of benzene rings is 2. The molecular weight excluding hydrogens is 466 g/mol. The third kappa shape index (κ3) is 4.72. The maximum atomic E-state index is 13.4. The fourth-order valence-electron chi connectivity index (χ4n) is 3.19. The molecule has 0 aliphatic heterocycles. The SMILES string of the molecule is Cc1cc(C(=O)COC(=O)c2cc(F)c(F)cc2Cl)c(C)n1-c1ccc(S(N)(=O)=O)cc1. The summed E-state index contributed by atoms with van der Waals surface area (Å²) in [7, 11) is -3.84. The molecule has 1 heterocycles. The monoisotopic (exact) mass is 482 g/mol. The van der Waals surface area contributed by atoms with E-state index in [0.29, 0.717) is 29.2 Å². The minimum Gasteiger partial charge on any atom is -0.454 e. The number of halogens is 3. The summed E-state index contributed by atoms with van der Waals surface area (Å²) in [4.78, 5) is 24.7. The number of nitrogens with zero attached hydrogens (tertiary/aromatic N) is 1. The molecule has 0 atom stereocenters. The number of aryl methyl sites for hydroxylation is 1. The van der Waals surface area contributed by atoms with E-state index in [0.717, 1.165) is 0 Å². The Morgan fingerprint density at radius 1 is 1.03 bits per heavy atom. The van der Waals surface area contributed by atoms with Crippen molar-refractivity contribution in [2.45, 2.75) is 18.7 Å². The summed E-state index contributed by atoms with van der Waals surface area (Å²) in [6.45, 7) is 2.76. The smallest absolute Gasteiger partial charge is 0.340 e. The highest BCUT2D eigenvalue weighted by atomic mass is 35.5. The first-order valence-corrected chi connectivity index (χ1v) is 11.0. The fourth-order valence-corrected chi connectivity index (χ4v) is 3.94. The number of ketones is 1. The summed E-state index contributed by atoms with van der Waals surface area (Å²) in [5.74, 6) is -4.09. The molecule has 0 fully saturated rings. The van der Waals surface area contributed by atoms with Gasteiger partial charge in [-0.3, -0.25) is 4.79 Å². The molecule has 2 N–H and O–H groups in total. The van der Waals surface area contributed by atoms with Gasteiger partial charge in [0.2, 0.25) is 15.8 Å². The lowest BCUT2D eigenvalue weighted by molar-refractivity contribution is 0.0474. The van der Waals surface area contributed by atoms with Gasteiger partial charge in [-0.25, -0.2) is 27.1 Å². The number of carbonyl (C=O) groups is 2. The molecule has 11 heteroatoms. The van der Waals surface area contributed by atoms with Crippen molar-refractivity contribution in [1.29, 1.82) is 0 Å². The van der Waals surface area contributed by atoms with E-state index in [9.17, 15) is 26.8 Å². The molecule has 0 saturated carbocycles. The minimum absolute atomic E-state index is 0.0529. The van der Waals surface area contributed by atoms with Crippen LogP contribution in [0, 0.1) is 25.5 Å². The van der Waals surface area contributed by atoms with Crippen LogP contribution in [-0.4, -0.2) is 31.3 Å². The highest BCUT2D eigenvalue weighted by Gasteiger charge is 2.21. The summed E-state index contributed by atoms with van der Waals surface area (Å²) in [5.41, 5.74) is 1.65. The van der Waals surface area contributed by atoms with Crippen LogP contribution < -0.4 is 5.14 Å². The number of Topliss-reactive ketones (excluding diaryl/α,β-unsaturated/α-hetero) is 1.